The molecular weight excluding hydrogens is 461 g/mol. The molecule has 0 bridgehead atoms. The van der Waals surface area contributed by atoms with Gasteiger partial charge >= 0.3 is 12.3 Å². The summed E-state index contributed by atoms with van der Waals surface area (Å²) in [6.07, 6.45) is 1.85. The van der Waals surface area contributed by atoms with E-state index in [-0.39, 0.29) is 36.2 Å². The standard InChI is InChI=1S/C21H20ClF3N6O2/c22-19-29-17(26)16-18(30-19)31(11-28-16)15-6-2-4-13(8-15)10-33-20(32)27-9-12-3-1-5-14(7-12)21(23,24)25/h1-3,5-7,11,13,15H,4,8-10H2,(H,27,32)(H2,26,29,30)/t13-,15+/m1/s1. The molecule has 3 aromatic rings. The summed E-state index contributed by atoms with van der Waals surface area (Å²) in [7, 11) is 0. The number of hydrogen-bond acceptors (Lipinski definition) is 6. The van der Waals surface area contributed by atoms with Crippen molar-refractivity contribution in [2.75, 3.05) is 12.3 Å². The summed E-state index contributed by atoms with van der Waals surface area (Å²) in [4.78, 5) is 24.4. The van der Waals surface area contributed by atoms with E-state index < -0.39 is 17.8 Å². The number of nitrogens with one attached hydrogen (secondary N) is 1. The zero-order chi connectivity index (χ0) is 23.6. The second kappa shape index (κ2) is 9.26. The van der Waals surface area contributed by atoms with Crippen LogP contribution in [-0.4, -0.2) is 32.2 Å². The van der Waals surface area contributed by atoms with E-state index in [9.17, 15) is 18.0 Å². The number of anilines is 1. The second-order valence-corrected chi connectivity index (χ2v) is 8.02. The maximum absolute atomic E-state index is 12.8. The molecule has 12 heteroatoms. The minimum absolute atomic E-state index is 0.0267. The van der Waals surface area contributed by atoms with Gasteiger partial charge in [0.2, 0.25) is 5.28 Å². The van der Waals surface area contributed by atoms with Crippen LogP contribution in [-0.2, 0) is 17.5 Å². The van der Waals surface area contributed by atoms with Gasteiger partial charge in [-0.3, -0.25) is 0 Å². The number of hydrogen-bond donors (Lipinski definition) is 2. The van der Waals surface area contributed by atoms with Crippen molar-refractivity contribution < 1.29 is 22.7 Å². The Morgan fingerprint density at radius 2 is 2.15 bits per heavy atom. The number of alkyl halides is 3. The van der Waals surface area contributed by atoms with Crippen LogP contribution >= 0.6 is 11.6 Å². The third kappa shape index (κ3) is 5.36. The number of fused-ring (bicyclic) bond motifs is 1. The molecule has 3 N–H and O–H groups in total. The lowest BCUT2D eigenvalue weighted by atomic mass is 9.91. The first-order chi connectivity index (χ1) is 15.7. The number of nitrogens with zero attached hydrogens (tertiary/aromatic N) is 4. The quantitative estimate of drug-likeness (QED) is 0.411. The van der Waals surface area contributed by atoms with E-state index in [4.69, 9.17) is 22.1 Å². The molecule has 1 aliphatic carbocycles. The minimum Gasteiger partial charge on any atom is -0.449 e. The van der Waals surface area contributed by atoms with Crippen molar-refractivity contribution in [3.63, 3.8) is 0 Å². The van der Waals surface area contributed by atoms with Gasteiger partial charge in [-0.15, -0.1) is 0 Å². The van der Waals surface area contributed by atoms with Gasteiger partial charge in [0.05, 0.1) is 24.5 Å². The van der Waals surface area contributed by atoms with E-state index >= 15 is 0 Å². The summed E-state index contributed by atoms with van der Waals surface area (Å²) >= 11 is 5.93. The topological polar surface area (TPSA) is 108 Å². The molecular formula is C21H20ClF3N6O2. The van der Waals surface area contributed by atoms with Crippen LogP contribution in [0.25, 0.3) is 11.2 Å². The van der Waals surface area contributed by atoms with Crippen LogP contribution in [0.3, 0.4) is 0 Å². The van der Waals surface area contributed by atoms with E-state index in [2.05, 4.69) is 20.3 Å². The minimum atomic E-state index is -4.44. The second-order valence-electron chi connectivity index (χ2n) is 7.69. The molecule has 1 aliphatic rings. The molecule has 0 fully saturated rings. The highest BCUT2D eigenvalue weighted by molar-refractivity contribution is 6.28. The molecule has 1 aromatic carbocycles. The highest BCUT2D eigenvalue weighted by Crippen LogP contribution is 2.31. The van der Waals surface area contributed by atoms with Crippen molar-refractivity contribution in [3.8, 4) is 0 Å². The Morgan fingerprint density at radius 3 is 2.94 bits per heavy atom. The highest BCUT2D eigenvalue weighted by atomic mass is 35.5. The molecule has 2 aromatic heterocycles. The van der Waals surface area contributed by atoms with Crippen LogP contribution in [0.15, 0.2) is 42.7 Å². The smallest absolute Gasteiger partial charge is 0.416 e. The Hall–Kier alpha value is -3.34. The Morgan fingerprint density at radius 1 is 1.33 bits per heavy atom. The first-order valence-electron chi connectivity index (χ1n) is 10.1. The van der Waals surface area contributed by atoms with Gasteiger partial charge in [0.25, 0.3) is 0 Å². The maximum atomic E-state index is 12.8. The zero-order valence-corrected chi connectivity index (χ0v) is 18.0. The lowest BCUT2D eigenvalue weighted by Gasteiger charge is -2.25. The van der Waals surface area contributed by atoms with E-state index in [1.165, 1.54) is 12.1 Å². The van der Waals surface area contributed by atoms with Gasteiger partial charge in [0, 0.05) is 6.54 Å². The molecule has 174 valence electrons. The number of carbonyl (C=O) groups excluding carboxylic acids is 1. The van der Waals surface area contributed by atoms with Crippen LogP contribution in [0.5, 0.6) is 0 Å². The summed E-state index contributed by atoms with van der Waals surface area (Å²) in [5, 5.41) is 2.51. The number of nitrogen functional groups attached to an aromatic ring is 1. The Labute approximate surface area is 191 Å². The van der Waals surface area contributed by atoms with Gasteiger partial charge in [-0.05, 0) is 48.1 Å². The van der Waals surface area contributed by atoms with Crippen LogP contribution in [0.2, 0.25) is 5.28 Å². The summed E-state index contributed by atoms with van der Waals surface area (Å²) in [6.45, 7) is 0.0820. The van der Waals surface area contributed by atoms with Crippen LogP contribution < -0.4 is 11.1 Å². The molecule has 0 radical (unpaired) electrons. The van der Waals surface area contributed by atoms with Crippen LogP contribution in [0.4, 0.5) is 23.8 Å². The first kappa shape index (κ1) is 22.8. The predicted octanol–water partition coefficient (Wildman–Crippen LogP) is 4.51. The van der Waals surface area contributed by atoms with E-state index in [0.29, 0.717) is 29.6 Å². The molecule has 0 unspecified atom stereocenters. The van der Waals surface area contributed by atoms with E-state index in [1.54, 1.807) is 6.33 Å². The molecule has 2 atom stereocenters. The molecule has 0 aliphatic heterocycles. The van der Waals surface area contributed by atoms with E-state index in [1.807, 2.05) is 16.7 Å². The van der Waals surface area contributed by atoms with Crippen molar-refractivity contribution in [3.05, 3.63) is 59.2 Å². The fourth-order valence-corrected chi connectivity index (χ4v) is 3.89. The van der Waals surface area contributed by atoms with Crippen molar-refractivity contribution >= 4 is 34.7 Å². The summed E-state index contributed by atoms with van der Waals surface area (Å²) in [5.41, 5.74) is 6.39. The molecule has 0 saturated carbocycles. The van der Waals surface area contributed by atoms with Crippen molar-refractivity contribution in [2.45, 2.75) is 31.6 Å². The summed E-state index contributed by atoms with van der Waals surface area (Å²) in [6, 6.07) is 4.69. The number of allylic oxidation sites excluding steroid dienone is 2. The third-order valence-electron chi connectivity index (χ3n) is 5.32. The van der Waals surface area contributed by atoms with Crippen molar-refractivity contribution in [1.82, 2.24) is 24.8 Å². The van der Waals surface area contributed by atoms with Gasteiger partial charge in [0.15, 0.2) is 11.5 Å². The summed E-state index contributed by atoms with van der Waals surface area (Å²) in [5.74, 6) is 0.229. The number of rotatable bonds is 5. The Kier molecular flexibility index (Phi) is 6.41. The van der Waals surface area contributed by atoms with Crippen molar-refractivity contribution in [1.29, 1.82) is 0 Å². The molecule has 2 heterocycles. The lowest BCUT2D eigenvalue weighted by molar-refractivity contribution is -0.137. The average Bonchev–Trinajstić information content (AvgIpc) is 3.20. The first-order valence-corrected chi connectivity index (χ1v) is 10.5. The molecule has 33 heavy (non-hydrogen) atoms. The highest BCUT2D eigenvalue weighted by Gasteiger charge is 2.30. The Balaban J connectivity index is 1.32. The van der Waals surface area contributed by atoms with Crippen molar-refractivity contribution in [2.24, 2.45) is 5.92 Å². The van der Waals surface area contributed by atoms with Gasteiger partial charge < -0.3 is 20.4 Å². The van der Waals surface area contributed by atoms with Gasteiger partial charge in [-0.2, -0.15) is 23.1 Å². The monoisotopic (exact) mass is 480 g/mol. The number of aromatic nitrogens is 4. The maximum Gasteiger partial charge on any atom is 0.416 e. The fraction of sp³-hybridized carbons (Fsp3) is 0.333. The molecule has 0 spiro atoms. The third-order valence-corrected chi connectivity index (χ3v) is 5.49. The van der Waals surface area contributed by atoms with Crippen LogP contribution in [0, 0.1) is 5.92 Å². The number of ether oxygens (including phenoxy) is 1. The number of alkyl carbamates (subject to hydrolysis) is 1. The Bertz CT molecular complexity index is 1200. The van der Waals surface area contributed by atoms with Crippen LogP contribution in [0.1, 0.15) is 30.0 Å². The van der Waals surface area contributed by atoms with Gasteiger partial charge in [0.1, 0.15) is 5.52 Å². The number of benzene rings is 1. The average molecular weight is 481 g/mol. The number of nitrogens with two attached hydrogens (primary N) is 1. The number of carbonyl (C=O) groups is 1. The zero-order valence-electron chi connectivity index (χ0n) is 17.2. The normalized spacial score (nSPS) is 18.4. The fourth-order valence-electron chi connectivity index (χ4n) is 3.72. The molecule has 4 rings (SSSR count). The number of amides is 1. The van der Waals surface area contributed by atoms with Gasteiger partial charge in [-0.25, -0.2) is 9.78 Å². The molecule has 1 amide bonds. The predicted molar refractivity (Wildman–Crippen MR) is 115 cm³/mol. The molecule has 0 saturated heterocycles. The van der Waals surface area contributed by atoms with Gasteiger partial charge in [-0.1, -0.05) is 24.3 Å². The number of halogens is 4. The largest absolute Gasteiger partial charge is 0.449 e. The number of imidazole rings is 1. The lowest BCUT2D eigenvalue weighted by Crippen LogP contribution is -2.27. The molecule has 8 nitrogen and oxygen atoms in total. The SMILES string of the molecule is Nc1nc(Cl)nc2c1ncn2[C@H]1C=CC[C@@H](COC(=O)NCc2cccc(C(F)(F)F)c2)C1. The van der Waals surface area contributed by atoms with E-state index in [0.717, 1.165) is 12.1 Å². The summed E-state index contributed by atoms with van der Waals surface area (Å²) < 4.78 is 45.6.